The van der Waals surface area contributed by atoms with Crippen LogP contribution in [0.2, 0.25) is 0 Å². The lowest BCUT2D eigenvalue weighted by Crippen LogP contribution is -2.47. The Kier molecular flexibility index (Phi) is 4.24. The number of benzene rings is 1. The zero-order valence-electron chi connectivity index (χ0n) is 11.8. The number of anilines is 1. The predicted octanol–water partition coefficient (Wildman–Crippen LogP) is 2.43. The maximum absolute atomic E-state index is 12.7. The van der Waals surface area contributed by atoms with Crippen molar-refractivity contribution in [1.29, 1.82) is 0 Å². The van der Waals surface area contributed by atoms with Crippen LogP contribution in [0.15, 0.2) is 18.2 Å². The molecule has 1 aromatic heterocycles. The van der Waals surface area contributed by atoms with Gasteiger partial charge in [0.25, 0.3) is 0 Å². The van der Waals surface area contributed by atoms with Gasteiger partial charge in [-0.1, -0.05) is 11.3 Å². The maximum atomic E-state index is 12.7. The first kappa shape index (κ1) is 15.5. The number of aliphatic hydroxyl groups is 1. The third-order valence-corrected chi connectivity index (χ3v) is 4.84. The number of fused-ring (bicyclic) bond motifs is 1. The van der Waals surface area contributed by atoms with Gasteiger partial charge in [0.05, 0.1) is 22.4 Å². The molecule has 1 aromatic carbocycles. The monoisotopic (exact) mass is 331 g/mol. The Morgan fingerprint density at radius 3 is 2.55 bits per heavy atom. The highest BCUT2D eigenvalue weighted by atomic mass is 32.1. The van der Waals surface area contributed by atoms with E-state index in [0.717, 1.165) is 37.4 Å². The number of aliphatic hydroxyl groups excluding tert-OH is 1. The summed E-state index contributed by atoms with van der Waals surface area (Å²) in [5.41, 5.74) is -0.0336. The van der Waals surface area contributed by atoms with Gasteiger partial charge in [-0.2, -0.15) is 13.2 Å². The molecule has 0 spiro atoms. The zero-order valence-corrected chi connectivity index (χ0v) is 12.6. The number of hydrogen-bond donors (Lipinski definition) is 1. The maximum Gasteiger partial charge on any atom is 0.416 e. The molecule has 0 bridgehead atoms. The summed E-state index contributed by atoms with van der Waals surface area (Å²) in [6.45, 7) is 3.98. The number of hydrogen-bond acceptors (Lipinski definition) is 5. The third kappa shape index (κ3) is 3.18. The highest BCUT2D eigenvalue weighted by Gasteiger charge is 2.31. The first-order valence-corrected chi connectivity index (χ1v) is 7.85. The van der Waals surface area contributed by atoms with E-state index in [1.807, 2.05) is 0 Å². The van der Waals surface area contributed by atoms with Gasteiger partial charge < -0.3 is 10.0 Å². The summed E-state index contributed by atoms with van der Waals surface area (Å²) in [7, 11) is 0. The van der Waals surface area contributed by atoms with E-state index >= 15 is 0 Å². The smallest absolute Gasteiger partial charge is 0.395 e. The molecule has 0 amide bonds. The molecule has 2 heterocycles. The molecule has 0 atom stereocenters. The van der Waals surface area contributed by atoms with Crippen LogP contribution in [-0.4, -0.2) is 54.3 Å². The SMILES string of the molecule is OCCN1CCN(c2nc3ccc(C(F)(F)F)cc3s2)CC1. The second kappa shape index (κ2) is 6.02. The summed E-state index contributed by atoms with van der Waals surface area (Å²) < 4.78 is 38.8. The number of β-amino-alcohol motifs (C(OH)–C–C–N with tert-alkyl or cyclic N) is 1. The van der Waals surface area contributed by atoms with Gasteiger partial charge in [0.1, 0.15) is 0 Å². The molecule has 120 valence electrons. The van der Waals surface area contributed by atoms with E-state index in [-0.39, 0.29) is 6.61 Å². The fraction of sp³-hybridized carbons (Fsp3) is 0.500. The van der Waals surface area contributed by atoms with Crippen LogP contribution >= 0.6 is 11.3 Å². The van der Waals surface area contributed by atoms with E-state index in [0.29, 0.717) is 16.8 Å². The minimum atomic E-state index is -4.33. The third-order valence-electron chi connectivity index (χ3n) is 3.76. The lowest BCUT2D eigenvalue weighted by Gasteiger charge is -2.34. The molecule has 0 radical (unpaired) electrons. The molecule has 1 aliphatic heterocycles. The van der Waals surface area contributed by atoms with Crippen LogP contribution in [0.25, 0.3) is 10.2 Å². The largest absolute Gasteiger partial charge is 0.416 e. The second-order valence-electron chi connectivity index (χ2n) is 5.23. The van der Waals surface area contributed by atoms with E-state index < -0.39 is 11.7 Å². The summed E-state index contributed by atoms with van der Waals surface area (Å²) in [6, 6.07) is 3.67. The summed E-state index contributed by atoms with van der Waals surface area (Å²) in [5.74, 6) is 0. The summed E-state index contributed by atoms with van der Waals surface area (Å²) in [4.78, 5) is 8.69. The van der Waals surface area contributed by atoms with Crippen LogP contribution in [0, 0.1) is 0 Å². The molecule has 1 N–H and O–H groups in total. The van der Waals surface area contributed by atoms with E-state index in [1.165, 1.54) is 23.5 Å². The van der Waals surface area contributed by atoms with Gasteiger partial charge >= 0.3 is 6.18 Å². The fourth-order valence-corrected chi connectivity index (χ4v) is 3.58. The Balaban J connectivity index is 1.78. The van der Waals surface area contributed by atoms with Crippen molar-refractivity contribution in [2.45, 2.75) is 6.18 Å². The molecule has 4 nitrogen and oxygen atoms in total. The lowest BCUT2D eigenvalue weighted by atomic mass is 10.2. The van der Waals surface area contributed by atoms with Crippen LogP contribution in [0.1, 0.15) is 5.56 Å². The van der Waals surface area contributed by atoms with E-state index in [1.54, 1.807) is 0 Å². The molecule has 1 aliphatic rings. The fourth-order valence-electron chi connectivity index (χ4n) is 2.53. The molecule has 1 saturated heterocycles. The molecule has 2 aromatic rings. The van der Waals surface area contributed by atoms with Crippen LogP contribution in [-0.2, 0) is 6.18 Å². The molecular weight excluding hydrogens is 315 g/mol. The standard InChI is InChI=1S/C14H16F3N3OS/c15-14(16,17)10-1-2-11-12(9-10)22-13(18-11)20-5-3-19(4-6-20)7-8-21/h1-2,9,21H,3-8H2. The van der Waals surface area contributed by atoms with E-state index in [4.69, 9.17) is 5.11 Å². The Labute approximate surface area is 129 Å². The molecule has 0 aliphatic carbocycles. The van der Waals surface area contributed by atoms with Crippen LogP contribution in [0.4, 0.5) is 18.3 Å². The molecule has 0 saturated carbocycles. The number of piperazine rings is 1. The number of nitrogens with zero attached hydrogens (tertiary/aromatic N) is 3. The molecular formula is C14H16F3N3OS. The first-order chi connectivity index (χ1) is 10.5. The van der Waals surface area contributed by atoms with Crippen molar-refractivity contribution in [3.05, 3.63) is 23.8 Å². The van der Waals surface area contributed by atoms with Crippen molar-refractivity contribution in [3.8, 4) is 0 Å². The summed E-state index contributed by atoms with van der Waals surface area (Å²) in [6.07, 6.45) is -4.33. The highest BCUT2D eigenvalue weighted by Crippen LogP contribution is 2.35. The Morgan fingerprint density at radius 2 is 1.91 bits per heavy atom. The first-order valence-electron chi connectivity index (χ1n) is 7.03. The predicted molar refractivity (Wildman–Crippen MR) is 80.4 cm³/mol. The molecule has 8 heteroatoms. The Bertz CT molecular complexity index is 650. The van der Waals surface area contributed by atoms with Gasteiger partial charge in [-0.15, -0.1) is 0 Å². The zero-order chi connectivity index (χ0) is 15.7. The Morgan fingerprint density at radius 1 is 1.18 bits per heavy atom. The topological polar surface area (TPSA) is 39.6 Å². The van der Waals surface area contributed by atoms with E-state index in [9.17, 15) is 13.2 Å². The van der Waals surface area contributed by atoms with Crippen molar-refractivity contribution in [2.75, 3.05) is 44.2 Å². The molecule has 3 rings (SSSR count). The molecule has 1 fully saturated rings. The van der Waals surface area contributed by atoms with Crippen molar-refractivity contribution < 1.29 is 18.3 Å². The van der Waals surface area contributed by atoms with Crippen LogP contribution < -0.4 is 4.90 Å². The van der Waals surface area contributed by atoms with Crippen molar-refractivity contribution in [1.82, 2.24) is 9.88 Å². The Hall–Kier alpha value is -1.38. The van der Waals surface area contributed by atoms with E-state index in [2.05, 4.69) is 14.8 Å². The van der Waals surface area contributed by atoms with Gasteiger partial charge in [-0.3, -0.25) is 4.90 Å². The van der Waals surface area contributed by atoms with Gasteiger partial charge in [0.2, 0.25) is 0 Å². The average Bonchev–Trinajstić information content (AvgIpc) is 2.90. The highest BCUT2D eigenvalue weighted by molar-refractivity contribution is 7.22. The quantitative estimate of drug-likeness (QED) is 0.938. The number of thiazole rings is 1. The van der Waals surface area contributed by atoms with Crippen molar-refractivity contribution in [2.24, 2.45) is 0 Å². The number of aromatic nitrogens is 1. The van der Waals surface area contributed by atoms with Gasteiger partial charge in [-0.05, 0) is 18.2 Å². The lowest BCUT2D eigenvalue weighted by molar-refractivity contribution is -0.137. The number of alkyl halides is 3. The summed E-state index contributed by atoms with van der Waals surface area (Å²) in [5, 5.41) is 9.69. The molecule has 22 heavy (non-hydrogen) atoms. The normalized spacial score (nSPS) is 17.4. The number of rotatable bonds is 3. The van der Waals surface area contributed by atoms with Gasteiger partial charge in [0, 0.05) is 32.7 Å². The number of halogens is 3. The van der Waals surface area contributed by atoms with Crippen molar-refractivity contribution in [3.63, 3.8) is 0 Å². The minimum absolute atomic E-state index is 0.140. The van der Waals surface area contributed by atoms with Crippen LogP contribution in [0.3, 0.4) is 0 Å². The van der Waals surface area contributed by atoms with Crippen molar-refractivity contribution >= 4 is 26.7 Å². The minimum Gasteiger partial charge on any atom is -0.395 e. The average molecular weight is 331 g/mol. The van der Waals surface area contributed by atoms with Gasteiger partial charge in [0.15, 0.2) is 5.13 Å². The van der Waals surface area contributed by atoms with Crippen LogP contribution in [0.5, 0.6) is 0 Å². The van der Waals surface area contributed by atoms with Gasteiger partial charge in [-0.25, -0.2) is 4.98 Å². The summed E-state index contributed by atoms with van der Waals surface area (Å²) >= 11 is 1.30. The second-order valence-corrected chi connectivity index (χ2v) is 6.24. The molecule has 0 unspecified atom stereocenters.